The van der Waals surface area contributed by atoms with Crippen molar-refractivity contribution in [2.75, 3.05) is 36.0 Å². The van der Waals surface area contributed by atoms with E-state index in [1.165, 1.54) is 6.07 Å². The number of para-hydroxylation sites is 2. The van der Waals surface area contributed by atoms with Crippen LogP contribution in [0.25, 0.3) is 11.1 Å². The third-order valence-corrected chi connectivity index (χ3v) is 5.08. The molecule has 2 saturated heterocycles. The molecule has 6 heteroatoms. The summed E-state index contributed by atoms with van der Waals surface area (Å²) in [6.45, 7) is 3.44. The largest absolute Gasteiger partial charge is 0.423 e. The summed E-state index contributed by atoms with van der Waals surface area (Å²) in [6.07, 6.45) is 1.65. The van der Waals surface area contributed by atoms with Crippen molar-refractivity contribution >= 4 is 22.9 Å². The van der Waals surface area contributed by atoms with Gasteiger partial charge in [0.1, 0.15) is 5.52 Å². The third kappa shape index (κ3) is 2.13. The lowest BCUT2D eigenvalue weighted by Gasteiger charge is -2.21. The topological polar surface area (TPSA) is 45.4 Å². The highest BCUT2D eigenvalue weighted by atomic mass is 19.1. The number of oxazole rings is 1. The van der Waals surface area contributed by atoms with E-state index in [0.717, 1.165) is 37.3 Å². The second kappa shape index (κ2) is 5.19. The number of fused-ring (bicyclic) bond motifs is 2. The summed E-state index contributed by atoms with van der Waals surface area (Å²) in [6, 6.07) is 11.6. The van der Waals surface area contributed by atoms with Crippen LogP contribution < -0.4 is 9.80 Å². The van der Waals surface area contributed by atoms with Crippen molar-refractivity contribution < 1.29 is 8.81 Å². The third-order valence-electron chi connectivity index (χ3n) is 5.08. The predicted molar refractivity (Wildman–Crippen MR) is 89.6 cm³/mol. The summed E-state index contributed by atoms with van der Waals surface area (Å²) < 4.78 is 19.8. The maximum atomic E-state index is 13.9. The van der Waals surface area contributed by atoms with Gasteiger partial charge in [0.05, 0.1) is 0 Å². The lowest BCUT2D eigenvalue weighted by molar-refractivity contribution is 0.533. The quantitative estimate of drug-likeness (QED) is 0.725. The summed E-state index contributed by atoms with van der Waals surface area (Å²) in [5.74, 6) is 1.21. The van der Waals surface area contributed by atoms with Crippen LogP contribution in [0.2, 0.25) is 0 Å². The minimum absolute atomic E-state index is 0.242. The molecule has 2 aliphatic heterocycles. The number of hydrogen-bond acceptors (Lipinski definition) is 5. The van der Waals surface area contributed by atoms with E-state index in [2.05, 4.69) is 19.8 Å². The molecule has 2 atom stereocenters. The molecule has 2 aliphatic rings. The lowest BCUT2D eigenvalue weighted by Crippen LogP contribution is -2.29. The molecule has 2 unspecified atom stereocenters. The maximum absolute atomic E-state index is 13.9. The number of halogens is 1. The van der Waals surface area contributed by atoms with Crippen molar-refractivity contribution in [1.82, 2.24) is 9.97 Å². The van der Waals surface area contributed by atoms with Gasteiger partial charge >= 0.3 is 0 Å². The molecular formula is C18H17FN4O. The number of hydrogen-bond donors (Lipinski definition) is 0. The van der Waals surface area contributed by atoms with Crippen molar-refractivity contribution in [1.29, 1.82) is 0 Å². The zero-order chi connectivity index (χ0) is 16.1. The fourth-order valence-electron chi connectivity index (χ4n) is 3.93. The summed E-state index contributed by atoms with van der Waals surface area (Å²) in [4.78, 5) is 13.1. The Morgan fingerprint density at radius 2 is 1.71 bits per heavy atom. The molecule has 0 saturated carbocycles. The van der Waals surface area contributed by atoms with Gasteiger partial charge < -0.3 is 14.2 Å². The Kier molecular flexibility index (Phi) is 2.98. The molecule has 0 N–H and O–H groups in total. The van der Waals surface area contributed by atoms with Gasteiger partial charge in [-0.3, -0.25) is 0 Å². The molecule has 0 radical (unpaired) electrons. The molecule has 1 aromatic carbocycles. The van der Waals surface area contributed by atoms with Crippen LogP contribution in [0.5, 0.6) is 0 Å². The molecule has 24 heavy (non-hydrogen) atoms. The molecule has 2 aromatic heterocycles. The molecule has 0 spiro atoms. The van der Waals surface area contributed by atoms with Gasteiger partial charge in [-0.1, -0.05) is 12.1 Å². The Balaban J connectivity index is 1.34. The minimum Gasteiger partial charge on any atom is -0.423 e. The SMILES string of the molecule is Fc1cccnc1N1CC2CN(c3nc4ccccc4o3)CC2C1. The van der Waals surface area contributed by atoms with Crippen LogP contribution in [0.15, 0.2) is 47.0 Å². The monoisotopic (exact) mass is 324 g/mol. The highest BCUT2D eigenvalue weighted by Crippen LogP contribution is 2.36. The Morgan fingerprint density at radius 1 is 0.958 bits per heavy atom. The maximum Gasteiger partial charge on any atom is 0.298 e. The average Bonchev–Trinajstić information content (AvgIpc) is 3.27. The Bertz CT molecular complexity index is 848. The van der Waals surface area contributed by atoms with Crippen LogP contribution in [0, 0.1) is 17.7 Å². The number of pyridine rings is 1. The van der Waals surface area contributed by atoms with Gasteiger partial charge in [0, 0.05) is 44.2 Å². The van der Waals surface area contributed by atoms with Gasteiger partial charge in [0.25, 0.3) is 6.01 Å². The normalized spacial score (nSPS) is 23.2. The number of aromatic nitrogens is 2. The van der Waals surface area contributed by atoms with E-state index in [0.29, 0.717) is 23.7 Å². The minimum atomic E-state index is -0.242. The Morgan fingerprint density at radius 3 is 2.46 bits per heavy atom. The van der Waals surface area contributed by atoms with Crippen molar-refractivity contribution in [3.05, 3.63) is 48.4 Å². The van der Waals surface area contributed by atoms with E-state index < -0.39 is 0 Å². The Labute approximate surface area is 138 Å². The molecule has 3 aromatic rings. The summed E-state index contributed by atoms with van der Waals surface area (Å²) in [5.41, 5.74) is 1.71. The smallest absolute Gasteiger partial charge is 0.298 e. The van der Waals surface area contributed by atoms with E-state index in [4.69, 9.17) is 4.42 Å². The molecule has 122 valence electrons. The highest BCUT2D eigenvalue weighted by Gasteiger charge is 2.42. The van der Waals surface area contributed by atoms with E-state index in [9.17, 15) is 4.39 Å². The van der Waals surface area contributed by atoms with Gasteiger partial charge in [-0.25, -0.2) is 9.37 Å². The zero-order valence-corrected chi connectivity index (χ0v) is 13.1. The van der Waals surface area contributed by atoms with E-state index >= 15 is 0 Å². The molecule has 4 heterocycles. The van der Waals surface area contributed by atoms with Crippen molar-refractivity contribution in [3.8, 4) is 0 Å². The van der Waals surface area contributed by atoms with Crippen molar-refractivity contribution in [3.63, 3.8) is 0 Å². The van der Waals surface area contributed by atoms with Gasteiger partial charge in [-0.05, 0) is 24.3 Å². The highest BCUT2D eigenvalue weighted by molar-refractivity contribution is 5.74. The van der Waals surface area contributed by atoms with E-state index in [1.54, 1.807) is 12.3 Å². The van der Waals surface area contributed by atoms with Crippen molar-refractivity contribution in [2.45, 2.75) is 0 Å². The fourth-order valence-corrected chi connectivity index (χ4v) is 3.93. The first kappa shape index (κ1) is 13.8. The van der Waals surface area contributed by atoms with Gasteiger partial charge in [0.2, 0.25) is 0 Å². The van der Waals surface area contributed by atoms with Crippen molar-refractivity contribution in [2.24, 2.45) is 11.8 Å². The molecule has 0 amide bonds. The predicted octanol–water partition coefficient (Wildman–Crippen LogP) is 2.93. The van der Waals surface area contributed by atoms with Crippen LogP contribution in [-0.2, 0) is 0 Å². The number of anilines is 2. The molecule has 0 aliphatic carbocycles. The first-order valence-corrected chi connectivity index (χ1v) is 8.24. The lowest BCUT2D eigenvalue weighted by atomic mass is 10.0. The molecular weight excluding hydrogens is 307 g/mol. The summed E-state index contributed by atoms with van der Waals surface area (Å²) in [5, 5.41) is 0. The number of benzene rings is 1. The van der Waals surface area contributed by atoms with Crippen LogP contribution >= 0.6 is 0 Å². The van der Waals surface area contributed by atoms with Crippen LogP contribution in [-0.4, -0.2) is 36.1 Å². The first-order valence-electron chi connectivity index (χ1n) is 8.24. The summed E-state index contributed by atoms with van der Waals surface area (Å²) >= 11 is 0. The molecule has 2 fully saturated rings. The molecule has 5 rings (SSSR count). The standard InChI is InChI=1S/C18H17FN4O/c19-14-4-3-7-20-17(14)22-8-12-10-23(11-13(12)9-22)18-21-15-5-1-2-6-16(15)24-18/h1-7,12-13H,8-11H2. The first-order chi connectivity index (χ1) is 11.8. The number of rotatable bonds is 2. The Hall–Kier alpha value is -2.63. The molecule has 0 bridgehead atoms. The van der Waals surface area contributed by atoms with Gasteiger partial charge in [0.15, 0.2) is 17.2 Å². The van der Waals surface area contributed by atoms with E-state index in [1.807, 2.05) is 24.3 Å². The van der Waals surface area contributed by atoms with Crippen LogP contribution in [0.3, 0.4) is 0 Å². The molecule has 5 nitrogen and oxygen atoms in total. The second-order valence-electron chi connectivity index (χ2n) is 6.60. The van der Waals surface area contributed by atoms with E-state index in [-0.39, 0.29) is 5.82 Å². The second-order valence-corrected chi connectivity index (χ2v) is 6.60. The van der Waals surface area contributed by atoms with Crippen LogP contribution in [0.1, 0.15) is 0 Å². The number of nitrogens with zero attached hydrogens (tertiary/aromatic N) is 4. The fraction of sp³-hybridized carbons (Fsp3) is 0.333. The zero-order valence-electron chi connectivity index (χ0n) is 13.1. The van der Waals surface area contributed by atoms with Crippen LogP contribution in [0.4, 0.5) is 16.2 Å². The summed E-state index contributed by atoms with van der Waals surface area (Å²) in [7, 11) is 0. The van der Waals surface area contributed by atoms with Gasteiger partial charge in [-0.2, -0.15) is 4.98 Å². The average molecular weight is 324 g/mol. The van der Waals surface area contributed by atoms with Gasteiger partial charge in [-0.15, -0.1) is 0 Å².